The highest BCUT2D eigenvalue weighted by Crippen LogP contribution is 2.42. The Bertz CT molecular complexity index is 425. The third-order valence-corrected chi connectivity index (χ3v) is 5.33. The lowest BCUT2D eigenvalue weighted by Gasteiger charge is -2.38. The van der Waals surface area contributed by atoms with Crippen molar-refractivity contribution >= 4 is 12.6 Å². The van der Waals surface area contributed by atoms with Crippen molar-refractivity contribution in [1.82, 2.24) is 0 Å². The van der Waals surface area contributed by atoms with Gasteiger partial charge in [0.15, 0.2) is 0 Å². The first-order valence-electron chi connectivity index (χ1n) is 8.04. The van der Waals surface area contributed by atoms with Gasteiger partial charge in [-0.2, -0.15) is 0 Å². The Morgan fingerprint density at radius 1 is 1.15 bits per heavy atom. The van der Waals surface area contributed by atoms with Crippen LogP contribution in [0.3, 0.4) is 0 Å². The summed E-state index contributed by atoms with van der Waals surface area (Å²) < 4.78 is 0. The van der Waals surface area contributed by atoms with E-state index in [1.807, 2.05) is 12.1 Å². The summed E-state index contributed by atoms with van der Waals surface area (Å²) in [6.45, 7) is 4.61. The molecule has 0 radical (unpaired) electrons. The molecule has 110 valence electrons. The van der Waals surface area contributed by atoms with Crippen molar-refractivity contribution in [2.24, 2.45) is 5.92 Å². The van der Waals surface area contributed by atoms with E-state index in [-0.39, 0.29) is 5.41 Å². The molecule has 2 rings (SSSR count). The average molecular weight is 274 g/mol. The topological polar surface area (TPSA) is 40.5 Å². The largest absolute Gasteiger partial charge is 0.488 e. The molecule has 0 bridgehead atoms. The van der Waals surface area contributed by atoms with Crippen LogP contribution in [0, 0.1) is 5.92 Å². The van der Waals surface area contributed by atoms with E-state index in [4.69, 9.17) is 0 Å². The molecule has 20 heavy (non-hydrogen) atoms. The van der Waals surface area contributed by atoms with E-state index in [0.717, 1.165) is 6.42 Å². The molecule has 0 aliphatic heterocycles. The minimum Gasteiger partial charge on any atom is -0.423 e. The molecule has 0 saturated heterocycles. The van der Waals surface area contributed by atoms with E-state index in [1.165, 1.54) is 44.1 Å². The quantitative estimate of drug-likeness (QED) is 0.654. The monoisotopic (exact) mass is 274 g/mol. The zero-order valence-electron chi connectivity index (χ0n) is 12.8. The van der Waals surface area contributed by atoms with E-state index < -0.39 is 7.12 Å². The molecule has 1 fully saturated rings. The molecule has 1 aliphatic rings. The first-order chi connectivity index (χ1) is 9.58. The molecule has 0 aromatic heterocycles. The van der Waals surface area contributed by atoms with Gasteiger partial charge < -0.3 is 10.0 Å². The first-order valence-corrected chi connectivity index (χ1v) is 8.04. The second-order valence-electron chi connectivity index (χ2n) is 6.46. The van der Waals surface area contributed by atoms with E-state index in [2.05, 4.69) is 19.9 Å². The van der Waals surface area contributed by atoms with Gasteiger partial charge in [0.2, 0.25) is 0 Å². The van der Waals surface area contributed by atoms with E-state index in [0.29, 0.717) is 11.4 Å². The van der Waals surface area contributed by atoms with Crippen LogP contribution in [0.2, 0.25) is 0 Å². The van der Waals surface area contributed by atoms with Crippen molar-refractivity contribution in [3.63, 3.8) is 0 Å². The molecule has 1 aromatic carbocycles. The van der Waals surface area contributed by atoms with Gasteiger partial charge in [0.05, 0.1) is 0 Å². The maximum absolute atomic E-state index is 9.40. The van der Waals surface area contributed by atoms with Crippen LogP contribution in [0.1, 0.15) is 64.4 Å². The second kappa shape index (κ2) is 6.77. The van der Waals surface area contributed by atoms with Crippen LogP contribution in [0.4, 0.5) is 0 Å². The molecule has 1 saturated carbocycles. The Hall–Kier alpha value is -0.795. The SMILES string of the molecule is CCC(C)(c1cccc(B(O)O)c1)C1CCCCCC1. The van der Waals surface area contributed by atoms with Gasteiger partial charge in [-0.05, 0) is 41.6 Å². The fraction of sp³-hybridized carbons (Fsp3) is 0.647. The number of benzene rings is 1. The Morgan fingerprint density at radius 2 is 1.80 bits per heavy atom. The normalized spacial score (nSPS) is 20.2. The Morgan fingerprint density at radius 3 is 2.35 bits per heavy atom. The minimum absolute atomic E-state index is 0.148. The van der Waals surface area contributed by atoms with Crippen LogP contribution >= 0.6 is 0 Å². The average Bonchev–Trinajstić information content (AvgIpc) is 2.76. The second-order valence-corrected chi connectivity index (χ2v) is 6.46. The van der Waals surface area contributed by atoms with Gasteiger partial charge in [-0.3, -0.25) is 0 Å². The zero-order chi connectivity index (χ0) is 14.6. The molecular weight excluding hydrogens is 247 g/mol. The Kier molecular flexibility index (Phi) is 5.28. The molecule has 0 spiro atoms. The van der Waals surface area contributed by atoms with Crippen molar-refractivity contribution in [3.05, 3.63) is 29.8 Å². The van der Waals surface area contributed by atoms with Crippen molar-refractivity contribution in [2.75, 3.05) is 0 Å². The standard InChI is InChI=1S/C17H27BO2/c1-3-17(2,14-9-6-4-5-7-10-14)15-11-8-12-16(13-15)18(19)20/h8,11-14,19-20H,3-7,9-10H2,1-2H3. The number of hydrogen-bond donors (Lipinski definition) is 2. The highest BCUT2D eigenvalue weighted by Gasteiger charge is 2.34. The van der Waals surface area contributed by atoms with Crippen LogP contribution in [0.25, 0.3) is 0 Å². The van der Waals surface area contributed by atoms with Gasteiger partial charge in [0.25, 0.3) is 0 Å². The molecule has 0 heterocycles. The lowest BCUT2D eigenvalue weighted by Crippen LogP contribution is -2.35. The highest BCUT2D eigenvalue weighted by atomic mass is 16.4. The third-order valence-electron chi connectivity index (χ3n) is 5.33. The van der Waals surface area contributed by atoms with Gasteiger partial charge >= 0.3 is 7.12 Å². The summed E-state index contributed by atoms with van der Waals surface area (Å²) in [5, 5.41) is 18.8. The van der Waals surface area contributed by atoms with Gasteiger partial charge in [0, 0.05) is 0 Å². The molecular formula is C17H27BO2. The molecule has 1 unspecified atom stereocenters. The highest BCUT2D eigenvalue weighted by molar-refractivity contribution is 6.58. The van der Waals surface area contributed by atoms with Gasteiger partial charge in [-0.25, -0.2) is 0 Å². The lowest BCUT2D eigenvalue weighted by molar-refractivity contribution is 0.252. The van der Waals surface area contributed by atoms with E-state index in [1.54, 1.807) is 6.07 Å². The van der Waals surface area contributed by atoms with Crippen molar-refractivity contribution in [2.45, 2.75) is 64.2 Å². The summed E-state index contributed by atoms with van der Waals surface area (Å²) in [7, 11) is -1.37. The number of hydrogen-bond acceptors (Lipinski definition) is 2. The van der Waals surface area contributed by atoms with Crippen LogP contribution in [0.15, 0.2) is 24.3 Å². The predicted octanol–water partition coefficient (Wildman–Crippen LogP) is 3.00. The fourth-order valence-electron chi connectivity index (χ4n) is 3.70. The molecule has 2 nitrogen and oxygen atoms in total. The Balaban J connectivity index is 2.31. The van der Waals surface area contributed by atoms with E-state index >= 15 is 0 Å². The van der Waals surface area contributed by atoms with Gasteiger partial charge in [0.1, 0.15) is 0 Å². The summed E-state index contributed by atoms with van der Waals surface area (Å²) in [4.78, 5) is 0. The van der Waals surface area contributed by atoms with E-state index in [9.17, 15) is 10.0 Å². The van der Waals surface area contributed by atoms with Crippen molar-refractivity contribution in [3.8, 4) is 0 Å². The molecule has 1 atom stereocenters. The van der Waals surface area contributed by atoms with Crippen molar-refractivity contribution in [1.29, 1.82) is 0 Å². The maximum Gasteiger partial charge on any atom is 0.488 e. The number of rotatable bonds is 4. The third kappa shape index (κ3) is 3.26. The lowest BCUT2D eigenvalue weighted by atomic mass is 9.65. The molecule has 1 aromatic rings. The fourth-order valence-corrected chi connectivity index (χ4v) is 3.70. The summed E-state index contributed by atoms with van der Waals surface area (Å²) in [5.74, 6) is 0.709. The van der Waals surface area contributed by atoms with Crippen LogP contribution in [-0.2, 0) is 5.41 Å². The minimum atomic E-state index is -1.37. The van der Waals surface area contributed by atoms with Gasteiger partial charge in [-0.15, -0.1) is 0 Å². The van der Waals surface area contributed by atoms with Crippen molar-refractivity contribution < 1.29 is 10.0 Å². The maximum atomic E-state index is 9.40. The van der Waals surface area contributed by atoms with Gasteiger partial charge in [-0.1, -0.05) is 63.8 Å². The van der Waals surface area contributed by atoms with Crippen LogP contribution in [0.5, 0.6) is 0 Å². The summed E-state index contributed by atoms with van der Waals surface area (Å²) in [5.41, 5.74) is 2.02. The first kappa shape index (κ1) is 15.6. The van der Waals surface area contributed by atoms with Crippen LogP contribution < -0.4 is 5.46 Å². The zero-order valence-corrected chi connectivity index (χ0v) is 12.8. The molecule has 0 amide bonds. The Labute approximate surface area is 123 Å². The molecule has 3 heteroatoms. The summed E-state index contributed by atoms with van der Waals surface area (Å²) >= 11 is 0. The summed E-state index contributed by atoms with van der Waals surface area (Å²) in [6.07, 6.45) is 9.11. The molecule has 1 aliphatic carbocycles. The smallest absolute Gasteiger partial charge is 0.423 e. The molecule has 2 N–H and O–H groups in total. The van der Waals surface area contributed by atoms with Crippen LogP contribution in [-0.4, -0.2) is 17.2 Å². The predicted molar refractivity (Wildman–Crippen MR) is 85.1 cm³/mol. The summed E-state index contributed by atoms with van der Waals surface area (Å²) in [6, 6.07) is 7.88.